The Balaban J connectivity index is 2.87. The molecule has 0 fully saturated rings. The summed E-state index contributed by atoms with van der Waals surface area (Å²) in [7, 11) is 0. The number of anilines is 1. The first-order valence-electron chi connectivity index (χ1n) is 6.48. The zero-order valence-electron chi connectivity index (χ0n) is 11.7. The van der Waals surface area contributed by atoms with Gasteiger partial charge in [0.2, 0.25) is 5.60 Å². The molecule has 118 valence electrons. The molecule has 0 aromatic heterocycles. The summed E-state index contributed by atoms with van der Waals surface area (Å²) in [6.07, 6.45) is -2.15. The number of hydrogen-bond donors (Lipinski definition) is 2. The number of nitrogens with one attached hydrogen (secondary N) is 1. The number of aliphatic hydroxyl groups is 1. The number of carbonyl (C=O) groups excluding carboxylic acids is 1. The van der Waals surface area contributed by atoms with Gasteiger partial charge in [-0.2, -0.15) is 13.2 Å². The van der Waals surface area contributed by atoms with E-state index in [-0.39, 0.29) is 5.69 Å². The fourth-order valence-corrected chi connectivity index (χ4v) is 2.09. The molecule has 1 unspecified atom stereocenters. The van der Waals surface area contributed by atoms with Gasteiger partial charge in [-0.15, -0.1) is 0 Å². The maximum absolute atomic E-state index is 12.6. The molecule has 1 atom stereocenters. The van der Waals surface area contributed by atoms with E-state index in [0.29, 0.717) is 11.4 Å². The lowest BCUT2D eigenvalue weighted by molar-refractivity contribution is -0.242. The molecule has 3 nitrogen and oxygen atoms in total. The van der Waals surface area contributed by atoms with Crippen molar-refractivity contribution in [3.63, 3.8) is 0 Å². The molecule has 21 heavy (non-hydrogen) atoms. The average molecular weight is 368 g/mol. The van der Waals surface area contributed by atoms with Gasteiger partial charge in [-0.3, -0.25) is 4.79 Å². The Morgan fingerprint density at radius 3 is 2.48 bits per heavy atom. The molecule has 0 saturated heterocycles. The second kappa shape index (κ2) is 6.79. The van der Waals surface area contributed by atoms with Crippen LogP contribution in [0, 0.1) is 0 Å². The van der Waals surface area contributed by atoms with Crippen LogP contribution in [-0.2, 0) is 11.2 Å². The Labute approximate surface area is 129 Å². The summed E-state index contributed by atoms with van der Waals surface area (Å²) in [6, 6.07) is 4.99. The minimum absolute atomic E-state index is 0.185. The van der Waals surface area contributed by atoms with E-state index in [1.54, 1.807) is 12.1 Å². The van der Waals surface area contributed by atoms with Crippen LogP contribution in [0.1, 0.15) is 32.3 Å². The summed E-state index contributed by atoms with van der Waals surface area (Å²) in [4.78, 5) is 11.6. The van der Waals surface area contributed by atoms with Gasteiger partial charge in [0.25, 0.3) is 5.91 Å². The lowest BCUT2D eigenvalue weighted by atomic mass is 10.0. The first-order chi connectivity index (χ1) is 9.59. The number of amides is 1. The molecular formula is C14H17BrF3NO2. The summed E-state index contributed by atoms with van der Waals surface area (Å²) in [5, 5.41) is 11.4. The van der Waals surface area contributed by atoms with Gasteiger partial charge >= 0.3 is 6.18 Å². The maximum atomic E-state index is 12.6. The molecule has 0 heterocycles. The van der Waals surface area contributed by atoms with E-state index in [2.05, 4.69) is 28.2 Å². The molecule has 0 aliphatic carbocycles. The monoisotopic (exact) mass is 367 g/mol. The smallest absolute Gasteiger partial charge is 0.373 e. The van der Waals surface area contributed by atoms with Crippen molar-refractivity contribution in [2.75, 3.05) is 5.32 Å². The number of carbonyl (C=O) groups is 1. The van der Waals surface area contributed by atoms with Gasteiger partial charge in [-0.1, -0.05) is 19.4 Å². The Morgan fingerprint density at radius 1 is 1.38 bits per heavy atom. The van der Waals surface area contributed by atoms with Gasteiger partial charge in [0.15, 0.2) is 0 Å². The molecule has 7 heteroatoms. The van der Waals surface area contributed by atoms with Crippen molar-refractivity contribution in [2.45, 2.75) is 44.9 Å². The highest BCUT2D eigenvalue weighted by Gasteiger charge is 2.55. The zero-order valence-corrected chi connectivity index (χ0v) is 13.3. The SMILES string of the molecule is CCCCc1ccc(NC(=O)C(C)(O)C(F)(F)F)c(Br)c1. The van der Waals surface area contributed by atoms with Crippen molar-refractivity contribution in [3.05, 3.63) is 28.2 Å². The van der Waals surface area contributed by atoms with Crippen LogP contribution < -0.4 is 5.32 Å². The van der Waals surface area contributed by atoms with Crippen molar-refractivity contribution in [2.24, 2.45) is 0 Å². The molecule has 1 rings (SSSR count). The van der Waals surface area contributed by atoms with Crippen LogP contribution in [0.5, 0.6) is 0 Å². The number of hydrogen-bond acceptors (Lipinski definition) is 2. The summed E-state index contributed by atoms with van der Waals surface area (Å²) >= 11 is 3.21. The summed E-state index contributed by atoms with van der Waals surface area (Å²) < 4.78 is 38.2. The van der Waals surface area contributed by atoms with Gasteiger partial charge in [-0.05, 0) is 53.4 Å². The van der Waals surface area contributed by atoms with Crippen LogP contribution in [0.3, 0.4) is 0 Å². The molecule has 0 bridgehead atoms. The normalized spacial score (nSPS) is 14.6. The van der Waals surface area contributed by atoms with Crippen LogP contribution in [0.25, 0.3) is 0 Å². The predicted molar refractivity (Wildman–Crippen MR) is 78.1 cm³/mol. The molecule has 1 amide bonds. The van der Waals surface area contributed by atoms with E-state index < -0.39 is 17.7 Å². The second-order valence-electron chi connectivity index (χ2n) is 4.94. The first kappa shape index (κ1) is 18.0. The molecule has 0 spiro atoms. The predicted octanol–water partition coefficient (Wildman–Crippen LogP) is 4.04. The zero-order chi connectivity index (χ0) is 16.3. The molecule has 0 aliphatic rings. The van der Waals surface area contributed by atoms with Crippen molar-refractivity contribution < 1.29 is 23.1 Å². The Bertz CT molecular complexity index is 515. The number of unbranched alkanes of at least 4 members (excludes halogenated alkanes) is 1. The summed E-state index contributed by atoms with van der Waals surface area (Å²) in [5.41, 5.74) is -2.23. The number of benzene rings is 1. The quantitative estimate of drug-likeness (QED) is 0.824. The lowest BCUT2D eigenvalue weighted by Gasteiger charge is -2.25. The van der Waals surface area contributed by atoms with E-state index in [0.717, 1.165) is 24.8 Å². The molecule has 1 aromatic carbocycles. The Morgan fingerprint density at radius 2 is 2.00 bits per heavy atom. The van der Waals surface area contributed by atoms with Gasteiger partial charge in [0.05, 0.1) is 5.69 Å². The topological polar surface area (TPSA) is 49.3 Å². The van der Waals surface area contributed by atoms with E-state index in [1.165, 1.54) is 6.07 Å². The van der Waals surface area contributed by atoms with Crippen LogP contribution in [0.4, 0.5) is 18.9 Å². The maximum Gasteiger partial charge on any atom is 0.426 e. The molecule has 0 saturated carbocycles. The Hall–Kier alpha value is -1.08. The standard InChI is InChI=1S/C14H17BrF3NO2/c1-3-4-5-9-6-7-11(10(15)8-9)19-12(20)13(2,21)14(16,17)18/h6-8,21H,3-5H2,1-2H3,(H,19,20). The highest BCUT2D eigenvalue weighted by Crippen LogP contribution is 2.32. The number of alkyl halides is 3. The van der Waals surface area contributed by atoms with Gasteiger partial charge < -0.3 is 10.4 Å². The van der Waals surface area contributed by atoms with Crippen LogP contribution >= 0.6 is 15.9 Å². The molecule has 1 aromatic rings. The lowest BCUT2D eigenvalue weighted by Crippen LogP contribution is -2.52. The van der Waals surface area contributed by atoms with Gasteiger partial charge in [0.1, 0.15) is 0 Å². The minimum Gasteiger partial charge on any atom is -0.373 e. The Kier molecular flexibility index (Phi) is 5.81. The van der Waals surface area contributed by atoms with E-state index in [9.17, 15) is 23.1 Å². The van der Waals surface area contributed by atoms with E-state index in [1.807, 2.05) is 0 Å². The molecule has 2 N–H and O–H groups in total. The second-order valence-corrected chi connectivity index (χ2v) is 5.80. The summed E-state index contributed by atoms with van der Waals surface area (Å²) in [5.74, 6) is -1.52. The fraction of sp³-hybridized carbons (Fsp3) is 0.500. The highest BCUT2D eigenvalue weighted by atomic mass is 79.9. The number of aryl methyl sites for hydroxylation is 1. The largest absolute Gasteiger partial charge is 0.426 e. The minimum atomic E-state index is -5.04. The van der Waals surface area contributed by atoms with Crippen LogP contribution in [0.15, 0.2) is 22.7 Å². The number of halogens is 4. The molecule has 0 aliphatic heterocycles. The van der Waals surface area contributed by atoms with Crippen molar-refractivity contribution >= 4 is 27.5 Å². The number of rotatable bonds is 5. The molecule has 0 radical (unpaired) electrons. The third-order valence-corrected chi connectivity index (χ3v) is 3.75. The highest BCUT2D eigenvalue weighted by molar-refractivity contribution is 9.10. The third-order valence-electron chi connectivity index (χ3n) is 3.09. The van der Waals surface area contributed by atoms with Crippen molar-refractivity contribution in [3.8, 4) is 0 Å². The summed E-state index contributed by atoms with van der Waals surface area (Å²) in [6.45, 7) is 2.48. The van der Waals surface area contributed by atoms with E-state index in [4.69, 9.17) is 0 Å². The van der Waals surface area contributed by atoms with Crippen molar-refractivity contribution in [1.29, 1.82) is 0 Å². The fourth-order valence-electron chi connectivity index (χ4n) is 1.57. The molecular weight excluding hydrogens is 351 g/mol. The first-order valence-corrected chi connectivity index (χ1v) is 7.28. The van der Waals surface area contributed by atoms with Gasteiger partial charge in [0, 0.05) is 4.47 Å². The van der Waals surface area contributed by atoms with Crippen LogP contribution in [-0.4, -0.2) is 22.8 Å². The van der Waals surface area contributed by atoms with E-state index >= 15 is 0 Å². The van der Waals surface area contributed by atoms with Crippen molar-refractivity contribution in [1.82, 2.24) is 0 Å². The van der Waals surface area contributed by atoms with Gasteiger partial charge in [-0.25, -0.2) is 0 Å². The average Bonchev–Trinajstić information content (AvgIpc) is 2.37. The van der Waals surface area contributed by atoms with Crippen LogP contribution in [0.2, 0.25) is 0 Å². The third kappa shape index (κ3) is 4.44.